The van der Waals surface area contributed by atoms with Crippen molar-refractivity contribution in [2.45, 2.75) is 26.8 Å². The van der Waals surface area contributed by atoms with Crippen molar-refractivity contribution in [3.05, 3.63) is 35.1 Å². The van der Waals surface area contributed by atoms with Gasteiger partial charge in [-0.2, -0.15) is 0 Å². The van der Waals surface area contributed by atoms with Crippen LogP contribution < -0.4 is 5.32 Å². The number of carboxylic acid groups (broad SMARTS) is 1. The molecular weight excluding hydrogens is 237 g/mol. The first kappa shape index (κ1) is 14.2. The fraction of sp³-hybridized carbons (Fsp3) is 0.385. The van der Waals surface area contributed by atoms with Gasteiger partial charge >= 0.3 is 5.97 Å². The molecule has 18 heavy (non-hydrogen) atoms. The first-order valence-electron chi connectivity index (χ1n) is 5.62. The molecule has 1 aromatic rings. The van der Waals surface area contributed by atoms with Gasteiger partial charge in [0.15, 0.2) is 0 Å². The lowest BCUT2D eigenvalue weighted by Gasteiger charge is -2.17. The summed E-state index contributed by atoms with van der Waals surface area (Å²) in [6.45, 7) is 4.70. The highest BCUT2D eigenvalue weighted by molar-refractivity contribution is 5.94. The molecule has 1 amide bonds. The quantitative estimate of drug-likeness (QED) is 0.862. The Morgan fingerprint density at radius 2 is 1.94 bits per heavy atom. The number of nitrogens with one attached hydrogen (secondary N) is 1. The van der Waals surface area contributed by atoms with Crippen molar-refractivity contribution in [3.63, 3.8) is 0 Å². The molecule has 0 spiro atoms. The molecule has 5 heteroatoms. The first-order chi connectivity index (χ1) is 8.32. The van der Waals surface area contributed by atoms with E-state index in [-0.39, 0.29) is 5.56 Å². The third-order valence-corrected chi connectivity index (χ3v) is 2.93. The van der Waals surface area contributed by atoms with Crippen LogP contribution in [0.15, 0.2) is 18.2 Å². The molecule has 1 aromatic carbocycles. The van der Waals surface area contributed by atoms with Gasteiger partial charge in [-0.05, 0) is 38.5 Å². The Hall–Kier alpha value is -1.91. The Labute approximate surface area is 105 Å². The second-order valence-electron chi connectivity index (χ2n) is 4.35. The molecule has 0 aliphatic heterocycles. The molecule has 0 saturated carbocycles. The second kappa shape index (κ2) is 5.62. The van der Waals surface area contributed by atoms with Gasteiger partial charge in [-0.15, -0.1) is 0 Å². The second-order valence-corrected chi connectivity index (χ2v) is 4.35. The normalized spacial score (nSPS) is 13.8. The highest BCUT2D eigenvalue weighted by Gasteiger charge is 2.21. The lowest BCUT2D eigenvalue weighted by atomic mass is 10.0. The summed E-state index contributed by atoms with van der Waals surface area (Å²) in [5.74, 6) is -2.63. The summed E-state index contributed by atoms with van der Waals surface area (Å²) in [5.41, 5.74) is 0.640. The van der Waals surface area contributed by atoms with Crippen molar-refractivity contribution < 1.29 is 19.1 Å². The van der Waals surface area contributed by atoms with Gasteiger partial charge < -0.3 is 10.4 Å². The van der Waals surface area contributed by atoms with E-state index < -0.39 is 29.7 Å². The smallest absolute Gasteiger partial charge is 0.308 e. The molecule has 98 valence electrons. The summed E-state index contributed by atoms with van der Waals surface area (Å²) in [6, 6.07) is 3.63. The predicted molar refractivity (Wildman–Crippen MR) is 64.9 cm³/mol. The molecule has 0 aliphatic carbocycles. The van der Waals surface area contributed by atoms with Gasteiger partial charge in [-0.1, -0.05) is 6.07 Å². The van der Waals surface area contributed by atoms with Gasteiger partial charge in [0.1, 0.15) is 5.82 Å². The van der Waals surface area contributed by atoms with Crippen LogP contribution in [0.2, 0.25) is 0 Å². The van der Waals surface area contributed by atoms with E-state index in [4.69, 9.17) is 5.11 Å². The largest absolute Gasteiger partial charge is 0.481 e. The molecule has 2 unspecified atom stereocenters. The monoisotopic (exact) mass is 253 g/mol. The van der Waals surface area contributed by atoms with E-state index in [0.717, 1.165) is 6.07 Å². The van der Waals surface area contributed by atoms with Crippen molar-refractivity contribution in [1.29, 1.82) is 0 Å². The van der Waals surface area contributed by atoms with Gasteiger partial charge in [0.05, 0.1) is 5.92 Å². The zero-order valence-electron chi connectivity index (χ0n) is 10.5. The zero-order valence-corrected chi connectivity index (χ0v) is 10.5. The summed E-state index contributed by atoms with van der Waals surface area (Å²) in [6.07, 6.45) is 0. The number of amides is 1. The number of hydrogen-bond acceptors (Lipinski definition) is 2. The SMILES string of the molecule is Cc1ccc(C(=O)NC(C)C(C)C(=O)O)cc1F. The molecule has 0 saturated heterocycles. The Morgan fingerprint density at radius 3 is 2.44 bits per heavy atom. The molecule has 0 aromatic heterocycles. The van der Waals surface area contributed by atoms with Crippen molar-refractivity contribution >= 4 is 11.9 Å². The van der Waals surface area contributed by atoms with Crippen molar-refractivity contribution in [2.75, 3.05) is 0 Å². The van der Waals surface area contributed by atoms with E-state index >= 15 is 0 Å². The summed E-state index contributed by atoms with van der Waals surface area (Å²) in [7, 11) is 0. The fourth-order valence-corrected chi connectivity index (χ4v) is 1.36. The third-order valence-electron chi connectivity index (χ3n) is 2.93. The number of halogens is 1. The van der Waals surface area contributed by atoms with Crippen LogP contribution in [-0.2, 0) is 4.79 Å². The number of aryl methyl sites for hydroxylation is 1. The maximum Gasteiger partial charge on any atom is 0.308 e. The van der Waals surface area contributed by atoms with Crippen LogP contribution >= 0.6 is 0 Å². The Morgan fingerprint density at radius 1 is 1.33 bits per heavy atom. The van der Waals surface area contributed by atoms with Crippen LogP contribution in [0.4, 0.5) is 4.39 Å². The van der Waals surface area contributed by atoms with Gasteiger partial charge in [0.2, 0.25) is 0 Å². The van der Waals surface area contributed by atoms with Crippen molar-refractivity contribution in [1.82, 2.24) is 5.32 Å². The topological polar surface area (TPSA) is 66.4 Å². The van der Waals surface area contributed by atoms with Gasteiger partial charge in [0, 0.05) is 11.6 Å². The van der Waals surface area contributed by atoms with Gasteiger partial charge in [-0.3, -0.25) is 9.59 Å². The van der Waals surface area contributed by atoms with Crippen LogP contribution in [-0.4, -0.2) is 23.0 Å². The number of rotatable bonds is 4. The summed E-state index contributed by atoms with van der Waals surface area (Å²) in [5, 5.41) is 11.3. The summed E-state index contributed by atoms with van der Waals surface area (Å²) < 4.78 is 13.3. The van der Waals surface area contributed by atoms with E-state index in [1.807, 2.05) is 0 Å². The number of carbonyl (C=O) groups is 2. The highest BCUT2D eigenvalue weighted by Crippen LogP contribution is 2.10. The first-order valence-corrected chi connectivity index (χ1v) is 5.62. The van der Waals surface area contributed by atoms with Crippen LogP contribution in [0, 0.1) is 18.7 Å². The van der Waals surface area contributed by atoms with E-state index in [2.05, 4.69) is 5.32 Å². The Kier molecular flexibility index (Phi) is 4.42. The predicted octanol–water partition coefficient (Wildman–Crippen LogP) is 1.97. The van der Waals surface area contributed by atoms with Gasteiger partial charge in [0.25, 0.3) is 5.91 Å². The molecule has 4 nitrogen and oxygen atoms in total. The van der Waals surface area contributed by atoms with E-state index in [1.165, 1.54) is 19.1 Å². The third kappa shape index (κ3) is 3.29. The van der Waals surface area contributed by atoms with Crippen LogP contribution in [0.25, 0.3) is 0 Å². The summed E-state index contributed by atoms with van der Waals surface area (Å²) >= 11 is 0. The molecule has 0 bridgehead atoms. The van der Waals surface area contributed by atoms with E-state index in [9.17, 15) is 14.0 Å². The molecular formula is C13H16FNO3. The lowest BCUT2D eigenvalue weighted by Crippen LogP contribution is -2.40. The number of aliphatic carboxylic acids is 1. The standard InChI is InChI=1S/C13H16FNO3/c1-7-4-5-10(6-11(7)14)12(16)15-9(3)8(2)13(17)18/h4-6,8-9H,1-3H3,(H,15,16)(H,17,18). The number of carbonyl (C=O) groups excluding carboxylic acids is 1. The minimum Gasteiger partial charge on any atom is -0.481 e. The number of carboxylic acids is 1. The Balaban J connectivity index is 2.76. The highest BCUT2D eigenvalue weighted by atomic mass is 19.1. The maximum absolute atomic E-state index is 13.3. The van der Waals surface area contributed by atoms with Gasteiger partial charge in [-0.25, -0.2) is 4.39 Å². The molecule has 0 radical (unpaired) electrons. The average Bonchev–Trinajstić information content (AvgIpc) is 2.31. The van der Waals surface area contributed by atoms with Crippen molar-refractivity contribution in [2.24, 2.45) is 5.92 Å². The average molecular weight is 253 g/mol. The maximum atomic E-state index is 13.3. The van der Waals surface area contributed by atoms with Crippen LogP contribution in [0.3, 0.4) is 0 Å². The van der Waals surface area contributed by atoms with E-state index in [1.54, 1.807) is 13.8 Å². The summed E-state index contributed by atoms with van der Waals surface area (Å²) in [4.78, 5) is 22.5. The van der Waals surface area contributed by atoms with Crippen LogP contribution in [0.1, 0.15) is 29.8 Å². The number of hydrogen-bond donors (Lipinski definition) is 2. The molecule has 2 N–H and O–H groups in total. The van der Waals surface area contributed by atoms with E-state index in [0.29, 0.717) is 5.56 Å². The fourth-order valence-electron chi connectivity index (χ4n) is 1.36. The molecule has 1 rings (SSSR count). The molecule has 0 fully saturated rings. The minimum absolute atomic E-state index is 0.183. The molecule has 0 heterocycles. The molecule has 2 atom stereocenters. The van der Waals surface area contributed by atoms with Crippen molar-refractivity contribution in [3.8, 4) is 0 Å². The Bertz CT molecular complexity index is 473. The lowest BCUT2D eigenvalue weighted by molar-refractivity contribution is -0.141. The van der Waals surface area contributed by atoms with Crippen LogP contribution in [0.5, 0.6) is 0 Å². The minimum atomic E-state index is -0.988. The molecule has 0 aliphatic rings. The zero-order chi connectivity index (χ0) is 13.9. The number of benzene rings is 1.